The molecule has 0 bridgehead atoms. The largest absolute Gasteiger partial charge is 0.260 e. The lowest BCUT2D eigenvalue weighted by atomic mass is 10.1. The smallest absolute Gasteiger partial charge is 0.0237 e. The van der Waals surface area contributed by atoms with E-state index in [2.05, 4.69) is 12.1 Å². The summed E-state index contributed by atoms with van der Waals surface area (Å²) >= 11 is 0. The molecule has 0 N–H and O–H groups in total. The van der Waals surface area contributed by atoms with Crippen LogP contribution in [0.2, 0.25) is 0 Å². The van der Waals surface area contributed by atoms with Gasteiger partial charge in [0.05, 0.1) is 0 Å². The van der Waals surface area contributed by atoms with Crippen molar-refractivity contribution in [2.75, 3.05) is 11.5 Å². The van der Waals surface area contributed by atoms with Crippen molar-refractivity contribution in [1.82, 2.24) is 0 Å². The molecular weight excluding hydrogens is 180 g/mol. The fourth-order valence-corrected chi connectivity index (χ4v) is 1.98. The maximum Gasteiger partial charge on any atom is 0.0237 e. The maximum absolute atomic E-state index is 11.1. The van der Waals surface area contributed by atoms with E-state index in [-0.39, 0.29) is 0 Å². The van der Waals surface area contributed by atoms with E-state index in [4.69, 9.17) is 0 Å². The Morgan fingerprint density at radius 1 is 1.23 bits per heavy atom. The van der Waals surface area contributed by atoms with Crippen LogP contribution in [0.1, 0.15) is 18.9 Å². The first kappa shape index (κ1) is 10.5. The molecule has 0 aliphatic heterocycles. The molecule has 0 fully saturated rings. The van der Waals surface area contributed by atoms with Crippen LogP contribution in [-0.4, -0.2) is 15.7 Å². The van der Waals surface area contributed by atoms with Gasteiger partial charge in [0.25, 0.3) is 0 Å². The van der Waals surface area contributed by atoms with Crippen molar-refractivity contribution in [1.29, 1.82) is 0 Å². The van der Waals surface area contributed by atoms with Crippen molar-refractivity contribution in [3.63, 3.8) is 0 Å². The van der Waals surface area contributed by atoms with Gasteiger partial charge in [-0.1, -0.05) is 37.3 Å². The molecule has 0 radical (unpaired) electrons. The highest BCUT2D eigenvalue weighted by atomic mass is 32.2. The van der Waals surface area contributed by atoms with Gasteiger partial charge in [0.2, 0.25) is 0 Å². The number of hydrogen-bond acceptors (Lipinski definition) is 1. The van der Waals surface area contributed by atoms with Crippen LogP contribution in [0.4, 0.5) is 0 Å². The molecule has 13 heavy (non-hydrogen) atoms. The predicted octanol–water partition coefficient (Wildman–Crippen LogP) is 2.39. The average Bonchev–Trinajstić information content (AvgIpc) is 2.19. The number of benzene rings is 1. The Hall–Kier alpha value is -0.630. The molecule has 2 heteroatoms. The summed E-state index contributed by atoms with van der Waals surface area (Å²) in [6.07, 6.45) is 2.08. The zero-order valence-electron chi connectivity index (χ0n) is 8.03. The van der Waals surface area contributed by atoms with E-state index in [1.807, 2.05) is 25.1 Å². The van der Waals surface area contributed by atoms with Crippen molar-refractivity contribution in [2.24, 2.45) is 0 Å². The summed E-state index contributed by atoms with van der Waals surface area (Å²) in [6, 6.07) is 10.4. The van der Waals surface area contributed by atoms with Gasteiger partial charge in [0, 0.05) is 22.3 Å². The van der Waals surface area contributed by atoms with Gasteiger partial charge in [0.1, 0.15) is 0 Å². The Bertz CT molecular complexity index is 256. The highest BCUT2D eigenvalue weighted by molar-refractivity contribution is 7.84. The fourth-order valence-electron chi connectivity index (χ4n) is 1.23. The van der Waals surface area contributed by atoms with E-state index in [1.165, 1.54) is 5.56 Å². The second-order valence-corrected chi connectivity index (χ2v) is 4.89. The predicted molar refractivity (Wildman–Crippen MR) is 58.3 cm³/mol. The normalized spacial score (nSPS) is 12.7. The molecule has 0 saturated heterocycles. The second kappa shape index (κ2) is 5.92. The monoisotopic (exact) mass is 196 g/mol. The van der Waals surface area contributed by atoms with E-state index < -0.39 is 10.8 Å². The quantitative estimate of drug-likeness (QED) is 0.706. The average molecular weight is 196 g/mol. The van der Waals surface area contributed by atoms with Crippen molar-refractivity contribution in [2.45, 2.75) is 19.8 Å². The van der Waals surface area contributed by atoms with E-state index >= 15 is 0 Å². The molecule has 0 heterocycles. The van der Waals surface area contributed by atoms with Crippen LogP contribution in [0, 0.1) is 0 Å². The van der Waals surface area contributed by atoms with Gasteiger partial charge in [-0.25, -0.2) is 0 Å². The molecule has 0 spiro atoms. The van der Waals surface area contributed by atoms with Gasteiger partial charge in [-0.2, -0.15) is 0 Å². The van der Waals surface area contributed by atoms with Crippen LogP contribution in [-0.2, 0) is 17.2 Å². The lowest BCUT2D eigenvalue weighted by Crippen LogP contribution is -2.00. The topological polar surface area (TPSA) is 17.1 Å². The fraction of sp³-hybridized carbons (Fsp3) is 0.455. The Balaban J connectivity index is 2.24. The standard InChI is InChI=1S/C11H16OS/c1-2-13(12)10-6-9-11-7-4-3-5-8-11/h3-5,7-8H,2,6,9-10H2,1H3. The van der Waals surface area contributed by atoms with Gasteiger partial charge >= 0.3 is 0 Å². The minimum absolute atomic E-state index is 0.601. The lowest BCUT2D eigenvalue weighted by molar-refractivity contribution is 0.681. The molecule has 1 nitrogen and oxygen atoms in total. The van der Waals surface area contributed by atoms with Gasteiger partial charge in [-0.15, -0.1) is 0 Å². The molecule has 0 amide bonds. The number of aryl methyl sites for hydroxylation is 1. The van der Waals surface area contributed by atoms with E-state index in [9.17, 15) is 4.21 Å². The molecule has 0 aromatic heterocycles. The van der Waals surface area contributed by atoms with Crippen LogP contribution in [0.25, 0.3) is 0 Å². The third-order valence-electron chi connectivity index (χ3n) is 2.00. The molecule has 1 aromatic rings. The van der Waals surface area contributed by atoms with Gasteiger partial charge in [-0.05, 0) is 18.4 Å². The summed E-state index contributed by atoms with van der Waals surface area (Å²) in [5.74, 6) is 1.63. The number of rotatable bonds is 5. The highest BCUT2D eigenvalue weighted by Gasteiger charge is 1.96. The second-order valence-electron chi connectivity index (χ2n) is 3.02. The van der Waals surface area contributed by atoms with Crippen LogP contribution in [0.15, 0.2) is 30.3 Å². The maximum atomic E-state index is 11.1. The summed E-state index contributed by atoms with van der Waals surface area (Å²) in [5.41, 5.74) is 1.34. The van der Waals surface area contributed by atoms with Crippen molar-refractivity contribution in [3.8, 4) is 0 Å². The molecule has 1 rings (SSSR count). The van der Waals surface area contributed by atoms with Crippen molar-refractivity contribution < 1.29 is 4.21 Å². The number of hydrogen-bond donors (Lipinski definition) is 0. The van der Waals surface area contributed by atoms with E-state index in [1.54, 1.807) is 0 Å². The van der Waals surface area contributed by atoms with Gasteiger partial charge in [-0.3, -0.25) is 4.21 Å². The minimum Gasteiger partial charge on any atom is -0.260 e. The molecular formula is C11H16OS. The molecule has 1 aromatic carbocycles. The Labute approximate surface area is 82.6 Å². The Morgan fingerprint density at radius 3 is 2.54 bits per heavy atom. The van der Waals surface area contributed by atoms with Gasteiger partial charge < -0.3 is 0 Å². The molecule has 0 aliphatic rings. The Kier molecular flexibility index (Phi) is 4.76. The van der Waals surface area contributed by atoms with Crippen LogP contribution < -0.4 is 0 Å². The van der Waals surface area contributed by atoms with E-state index in [0.717, 1.165) is 24.3 Å². The van der Waals surface area contributed by atoms with Crippen LogP contribution in [0.3, 0.4) is 0 Å². The minimum atomic E-state index is -0.601. The summed E-state index contributed by atoms with van der Waals surface area (Å²) in [5, 5.41) is 0. The molecule has 1 unspecified atom stereocenters. The molecule has 72 valence electrons. The zero-order valence-corrected chi connectivity index (χ0v) is 8.85. The summed E-state index contributed by atoms with van der Waals surface area (Å²) in [6.45, 7) is 1.97. The van der Waals surface area contributed by atoms with Crippen LogP contribution in [0.5, 0.6) is 0 Å². The lowest BCUT2D eigenvalue weighted by Gasteiger charge is -2.00. The van der Waals surface area contributed by atoms with E-state index in [0.29, 0.717) is 0 Å². The summed E-state index contributed by atoms with van der Waals surface area (Å²) in [7, 11) is -0.601. The highest BCUT2D eigenvalue weighted by Crippen LogP contribution is 2.02. The zero-order chi connectivity index (χ0) is 9.52. The summed E-state index contributed by atoms with van der Waals surface area (Å²) in [4.78, 5) is 0. The first-order valence-corrected chi connectivity index (χ1v) is 6.20. The SMILES string of the molecule is CCS(=O)CCCc1ccccc1. The van der Waals surface area contributed by atoms with Gasteiger partial charge in [0.15, 0.2) is 0 Å². The third-order valence-corrected chi connectivity index (χ3v) is 3.39. The molecule has 1 atom stereocenters. The first-order chi connectivity index (χ1) is 6.33. The molecule has 0 aliphatic carbocycles. The van der Waals surface area contributed by atoms with Crippen molar-refractivity contribution >= 4 is 10.8 Å². The first-order valence-electron chi connectivity index (χ1n) is 4.72. The summed E-state index contributed by atoms with van der Waals surface area (Å²) < 4.78 is 11.1. The van der Waals surface area contributed by atoms with Crippen molar-refractivity contribution in [3.05, 3.63) is 35.9 Å². The Morgan fingerprint density at radius 2 is 1.92 bits per heavy atom. The van der Waals surface area contributed by atoms with Crippen LogP contribution >= 0.6 is 0 Å². The third kappa shape index (κ3) is 4.23. The molecule has 0 saturated carbocycles.